The van der Waals surface area contributed by atoms with E-state index in [9.17, 15) is 15.0 Å². The quantitative estimate of drug-likeness (QED) is 0.803. The van der Waals surface area contributed by atoms with E-state index < -0.39 is 0 Å². The lowest BCUT2D eigenvalue weighted by Crippen LogP contribution is -2.34. The molecule has 2 rings (SSSR count). The Hall–Kier alpha value is -1.71. The Kier molecular flexibility index (Phi) is 3.98. The highest BCUT2D eigenvalue weighted by atomic mass is 16.3. The van der Waals surface area contributed by atoms with Crippen LogP contribution in [0.2, 0.25) is 0 Å². The summed E-state index contributed by atoms with van der Waals surface area (Å²) in [6.45, 7) is 4.96. The first-order chi connectivity index (χ1) is 8.99. The van der Waals surface area contributed by atoms with Crippen molar-refractivity contribution in [3.63, 3.8) is 0 Å². The van der Waals surface area contributed by atoms with Crippen molar-refractivity contribution in [2.24, 2.45) is 5.92 Å². The van der Waals surface area contributed by atoms with Crippen molar-refractivity contribution in [1.82, 2.24) is 4.90 Å². The molecule has 0 aromatic heterocycles. The third kappa shape index (κ3) is 3.40. The Morgan fingerprint density at radius 2 is 2.05 bits per heavy atom. The fourth-order valence-electron chi connectivity index (χ4n) is 2.08. The number of nitrogens with zero attached hydrogens (tertiary/aromatic N) is 1. The second-order valence-electron chi connectivity index (χ2n) is 5.61. The SMILES string of the molecule is CC(C)CCN(C(=O)c1cc(O)ccc1O)C1CC1. The van der Waals surface area contributed by atoms with Crippen LogP contribution in [0.25, 0.3) is 0 Å². The van der Waals surface area contributed by atoms with Crippen LogP contribution in [0.4, 0.5) is 0 Å². The van der Waals surface area contributed by atoms with Crippen LogP contribution in [-0.4, -0.2) is 33.6 Å². The van der Waals surface area contributed by atoms with Crippen molar-refractivity contribution in [1.29, 1.82) is 0 Å². The first-order valence-electron chi connectivity index (χ1n) is 6.82. The smallest absolute Gasteiger partial charge is 0.257 e. The third-order valence-corrected chi connectivity index (χ3v) is 3.41. The van der Waals surface area contributed by atoms with Gasteiger partial charge < -0.3 is 15.1 Å². The van der Waals surface area contributed by atoms with E-state index in [1.807, 2.05) is 4.90 Å². The van der Waals surface area contributed by atoms with Gasteiger partial charge in [0.25, 0.3) is 5.91 Å². The van der Waals surface area contributed by atoms with Gasteiger partial charge in [-0.3, -0.25) is 4.79 Å². The molecule has 1 amide bonds. The van der Waals surface area contributed by atoms with Gasteiger partial charge in [0.1, 0.15) is 11.5 Å². The Labute approximate surface area is 113 Å². The number of carbonyl (C=O) groups excluding carboxylic acids is 1. The zero-order chi connectivity index (χ0) is 14.0. The minimum Gasteiger partial charge on any atom is -0.508 e. The first kappa shape index (κ1) is 13.7. The van der Waals surface area contributed by atoms with Crippen molar-refractivity contribution in [2.45, 2.75) is 39.2 Å². The highest BCUT2D eigenvalue weighted by molar-refractivity contribution is 5.97. The second-order valence-corrected chi connectivity index (χ2v) is 5.61. The zero-order valence-corrected chi connectivity index (χ0v) is 11.5. The van der Waals surface area contributed by atoms with Crippen molar-refractivity contribution >= 4 is 5.91 Å². The van der Waals surface area contributed by atoms with Crippen LogP contribution < -0.4 is 0 Å². The van der Waals surface area contributed by atoms with Crippen molar-refractivity contribution in [2.75, 3.05) is 6.54 Å². The number of amides is 1. The molecule has 0 saturated heterocycles. The molecule has 1 aromatic carbocycles. The van der Waals surface area contributed by atoms with Crippen LogP contribution in [0, 0.1) is 5.92 Å². The molecule has 104 valence electrons. The van der Waals surface area contributed by atoms with Crippen LogP contribution in [0.5, 0.6) is 11.5 Å². The molecular weight excluding hydrogens is 242 g/mol. The monoisotopic (exact) mass is 263 g/mol. The number of hydrogen-bond acceptors (Lipinski definition) is 3. The molecule has 0 unspecified atom stereocenters. The molecule has 0 spiro atoms. The van der Waals surface area contributed by atoms with Crippen LogP contribution in [0.15, 0.2) is 18.2 Å². The van der Waals surface area contributed by atoms with E-state index in [4.69, 9.17) is 0 Å². The highest BCUT2D eigenvalue weighted by Gasteiger charge is 2.33. The minimum atomic E-state index is -0.184. The largest absolute Gasteiger partial charge is 0.508 e. The number of phenols is 2. The minimum absolute atomic E-state index is 0.000700. The maximum Gasteiger partial charge on any atom is 0.257 e. The van der Waals surface area contributed by atoms with Crippen LogP contribution in [0.3, 0.4) is 0 Å². The summed E-state index contributed by atoms with van der Waals surface area (Å²) in [7, 11) is 0. The Bertz CT molecular complexity index is 466. The van der Waals surface area contributed by atoms with Gasteiger partial charge in [0.05, 0.1) is 5.56 Å². The number of phenolic OH excluding ortho intramolecular Hbond substituents is 2. The van der Waals surface area contributed by atoms with E-state index in [1.54, 1.807) is 0 Å². The molecule has 0 heterocycles. The molecule has 0 radical (unpaired) electrons. The number of carbonyl (C=O) groups is 1. The summed E-state index contributed by atoms with van der Waals surface area (Å²) >= 11 is 0. The average Bonchev–Trinajstić information content (AvgIpc) is 3.16. The van der Waals surface area contributed by atoms with Gasteiger partial charge in [-0.25, -0.2) is 0 Å². The first-order valence-corrected chi connectivity index (χ1v) is 6.82. The van der Waals surface area contributed by atoms with Gasteiger partial charge >= 0.3 is 0 Å². The molecule has 0 aliphatic heterocycles. The number of aromatic hydroxyl groups is 2. The predicted octanol–water partition coefficient (Wildman–Crippen LogP) is 2.75. The number of benzene rings is 1. The molecule has 1 aliphatic carbocycles. The zero-order valence-electron chi connectivity index (χ0n) is 11.5. The molecule has 1 aromatic rings. The van der Waals surface area contributed by atoms with Gasteiger partial charge in [0.15, 0.2) is 0 Å². The average molecular weight is 263 g/mol. The van der Waals surface area contributed by atoms with Crippen LogP contribution in [0.1, 0.15) is 43.5 Å². The summed E-state index contributed by atoms with van der Waals surface area (Å²) in [6.07, 6.45) is 3.01. The summed E-state index contributed by atoms with van der Waals surface area (Å²) in [5.74, 6) is 0.280. The number of rotatable bonds is 5. The summed E-state index contributed by atoms with van der Waals surface area (Å²) in [5.41, 5.74) is 0.190. The molecule has 19 heavy (non-hydrogen) atoms. The fourth-order valence-corrected chi connectivity index (χ4v) is 2.08. The van der Waals surface area contributed by atoms with Gasteiger partial charge in [-0.15, -0.1) is 0 Å². The Balaban J connectivity index is 2.16. The van der Waals surface area contributed by atoms with E-state index in [2.05, 4.69) is 13.8 Å². The van der Waals surface area contributed by atoms with Gasteiger partial charge in [0, 0.05) is 12.6 Å². The topological polar surface area (TPSA) is 60.8 Å². The molecule has 1 aliphatic rings. The molecule has 4 nitrogen and oxygen atoms in total. The summed E-state index contributed by atoms with van der Waals surface area (Å²) < 4.78 is 0. The lowest BCUT2D eigenvalue weighted by molar-refractivity contribution is 0.0732. The van der Waals surface area contributed by atoms with Crippen molar-refractivity contribution in [3.8, 4) is 11.5 Å². The lowest BCUT2D eigenvalue weighted by atomic mass is 10.1. The third-order valence-electron chi connectivity index (χ3n) is 3.41. The molecule has 1 saturated carbocycles. The Morgan fingerprint density at radius 1 is 1.37 bits per heavy atom. The number of hydrogen-bond donors (Lipinski definition) is 2. The summed E-state index contributed by atoms with van der Waals surface area (Å²) in [6, 6.07) is 4.37. The normalized spacial score (nSPS) is 14.7. The molecule has 2 N–H and O–H groups in total. The maximum absolute atomic E-state index is 12.5. The standard InChI is InChI=1S/C15H21NO3/c1-10(2)7-8-16(11-3-4-11)15(19)13-9-12(17)5-6-14(13)18/h5-6,9-11,17-18H,3-4,7-8H2,1-2H3. The predicted molar refractivity (Wildman–Crippen MR) is 73.3 cm³/mol. The summed E-state index contributed by atoms with van der Waals surface area (Å²) in [5, 5.41) is 19.2. The van der Waals surface area contributed by atoms with Gasteiger partial charge in [-0.2, -0.15) is 0 Å². The fraction of sp³-hybridized carbons (Fsp3) is 0.533. The van der Waals surface area contributed by atoms with E-state index in [0.29, 0.717) is 18.5 Å². The van der Waals surface area contributed by atoms with Crippen molar-refractivity contribution < 1.29 is 15.0 Å². The highest BCUT2D eigenvalue weighted by Crippen LogP contribution is 2.31. The second kappa shape index (κ2) is 5.51. The molecule has 4 heteroatoms. The Morgan fingerprint density at radius 3 is 2.63 bits per heavy atom. The lowest BCUT2D eigenvalue weighted by Gasteiger charge is -2.23. The van der Waals surface area contributed by atoms with E-state index in [1.165, 1.54) is 18.2 Å². The molecular formula is C15H21NO3. The van der Waals surface area contributed by atoms with Gasteiger partial charge in [-0.1, -0.05) is 13.8 Å². The molecule has 0 bridgehead atoms. The van der Waals surface area contributed by atoms with Crippen LogP contribution in [-0.2, 0) is 0 Å². The van der Waals surface area contributed by atoms with E-state index in [-0.39, 0.29) is 23.0 Å². The van der Waals surface area contributed by atoms with Crippen LogP contribution >= 0.6 is 0 Å². The van der Waals surface area contributed by atoms with E-state index in [0.717, 1.165) is 19.3 Å². The summed E-state index contributed by atoms with van der Waals surface area (Å²) in [4.78, 5) is 14.3. The molecule has 1 fully saturated rings. The maximum atomic E-state index is 12.5. The van der Waals surface area contributed by atoms with Gasteiger partial charge in [0.2, 0.25) is 0 Å². The van der Waals surface area contributed by atoms with Gasteiger partial charge in [-0.05, 0) is 43.4 Å². The van der Waals surface area contributed by atoms with E-state index >= 15 is 0 Å². The van der Waals surface area contributed by atoms with Crippen molar-refractivity contribution in [3.05, 3.63) is 23.8 Å². The molecule has 0 atom stereocenters.